The van der Waals surface area contributed by atoms with Crippen molar-refractivity contribution in [3.8, 4) is 0 Å². The van der Waals surface area contributed by atoms with E-state index in [4.69, 9.17) is 9.52 Å². The molecule has 0 aliphatic heterocycles. The van der Waals surface area contributed by atoms with Gasteiger partial charge in [0, 0.05) is 16.2 Å². The molecule has 4 nitrogen and oxygen atoms in total. The number of hydrogen-bond donors (Lipinski definition) is 1. The molecule has 94 valence electrons. The molecule has 0 aliphatic rings. The minimum atomic E-state index is -1.04. The Kier molecular flexibility index (Phi) is 4.08. The smallest absolute Gasteiger partial charge is 0.372 e. The van der Waals surface area contributed by atoms with Crippen molar-refractivity contribution in [2.75, 3.05) is 0 Å². The number of carboxylic acid groups (broad SMARTS) is 1. The van der Waals surface area contributed by atoms with Crippen molar-refractivity contribution in [2.24, 2.45) is 0 Å². The number of carbonyl (C=O) groups is 1. The van der Waals surface area contributed by atoms with Gasteiger partial charge in [-0.2, -0.15) is 0 Å². The lowest BCUT2D eigenvalue weighted by Gasteiger charge is -1.98. The second-order valence-corrected chi connectivity index (χ2v) is 5.54. The van der Waals surface area contributed by atoms with E-state index in [9.17, 15) is 4.79 Å². The topological polar surface area (TPSA) is 63.3 Å². The van der Waals surface area contributed by atoms with Crippen LogP contribution in [0.4, 0.5) is 0 Å². The molecule has 0 aromatic carbocycles. The van der Waals surface area contributed by atoms with Crippen molar-refractivity contribution in [3.63, 3.8) is 0 Å². The highest BCUT2D eigenvalue weighted by atomic mass is 79.9. The number of hydrogen-bond acceptors (Lipinski definition) is 4. The van der Waals surface area contributed by atoms with Gasteiger partial charge in [0.05, 0.1) is 10.8 Å². The Balaban J connectivity index is 2.04. The summed E-state index contributed by atoms with van der Waals surface area (Å²) in [6.07, 6.45) is 1.72. The van der Waals surface area contributed by atoms with Crippen molar-refractivity contribution in [1.82, 2.24) is 4.98 Å². The van der Waals surface area contributed by atoms with Gasteiger partial charge in [-0.05, 0) is 41.1 Å². The van der Waals surface area contributed by atoms with Gasteiger partial charge in [0.2, 0.25) is 5.76 Å². The number of aryl methyl sites for hydroxylation is 1. The molecule has 18 heavy (non-hydrogen) atoms. The van der Waals surface area contributed by atoms with Crippen LogP contribution in [0.2, 0.25) is 0 Å². The van der Waals surface area contributed by atoms with E-state index in [1.165, 1.54) is 11.8 Å². The van der Waals surface area contributed by atoms with E-state index in [0.717, 1.165) is 9.50 Å². The molecule has 2 aromatic heterocycles. The molecule has 0 unspecified atom stereocenters. The number of thioether (sulfide) groups is 1. The minimum absolute atomic E-state index is 0.00867. The van der Waals surface area contributed by atoms with Gasteiger partial charge in [-0.25, -0.2) is 9.78 Å². The van der Waals surface area contributed by atoms with Gasteiger partial charge in [-0.3, -0.25) is 0 Å². The van der Waals surface area contributed by atoms with E-state index in [1.54, 1.807) is 19.2 Å². The summed E-state index contributed by atoms with van der Waals surface area (Å²) in [6.45, 7) is 1.72. The molecule has 0 atom stereocenters. The van der Waals surface area contributed by atoms with Crippen LogP contribution in [-0.4, -0.2) is 16.1 Å². The molecule has 2 rings (SSSR count). The van der Waals surface area contributed by atoms with Gasteiger partial charge in [0.25, 0.3) is 0 Å². The number of aromatic carboxylic acids is 1. The molecule has 6 heteroatoms. The number of furan rings is 1. The third-order valence-corrected chi connectivity index (χ3v) is 3.66. The first-order valence-electron chi connectivity index (χ1n) is 5.13. The molecule has 0 fully saturated rings. The van der Waals surface area contributed by atoms with Crippen molar-refractivity contribution >= 4 is 33.7 Å². The monoisotopic (exact) mass is 327 g/mol. The summed E-state index contributed by atoms with van der Waals surface area (Å²) >= 11 is 4.81. The predicted molar refractivity (Wildman–Crippen MR) is 71.9 cm³/mol. The first-order valence-corrected chi connectivity index (χ1v) is 6.91. The third-order valence-electron chi connectivity index (χ3n) is 2.23. The van der Waals surface area contributed by atoms with Crippen molar-refractivity contribution in [2.45, 2.75) is 17.7 Å². The molecule has 0 saturated carbocycles. The summed E-state index contributed by atoms with van der Waals surface area (Å²) in [4.78, 5) is 15.0. The third kappa shape index (κ3) is 3.14. The SMILES string of the molecule is Cc1cc(CSc2ccc(Br)cn2)oc1C(=O)O. The normalized spacial score (nSPS) is 10.6. The van der Waals surface area contributed by atoms with Gasteiger partial charge in [0.15, 0.2) is 0 Å². The Bertz CT molecular complexity index is 565. The van der Waals surface area contributed by atoms with Gasteiger partial charge < -0.3 is 9.52 Å². The molecule has 0 amide bonds. The van der Waals surface area contributed by atoms with Crippen LogP contribution in [0.3, 0.4) is 0 Å². The minimum Gasteiger partial charge on any atom is -0.475 e. The number of carboxylic acids is 1. The van der Waals surface area contributed by atoms with Crippen molar-refractivity contribution in [3.05, 3.63) is 46.0 Å². The number of halogens is 1. The molecule has 0 spiro atoms. The zero-order valence-corrected chi connectivity index (χ0v) is 11.9. The van der Waals surface area contributed by atoms with Crippen LogP contribution in [0, 0.1) is 6.92 Å². The van der Waals surface area contributed by atoms with Gasteiger partial charge >= 0.3 is 5.97 Å². The van der Waals surface area contributed by atoms with Crippen LogP contribution in [0.5, 0.6) is 0 Å². The van der Waals surface area contributed by atoms with E-state index in [2.05, 4.69) is 20.9 Å². The largest absolute Gasteiger partial charge is 0.475 e. The highest BCUT2D eigenvalue weighted by Crippen LogP contribution is 2.24. The highest BCUT2D eigenvalue weighted by molar-refractivity contribution is 9.10. The van der Waals surface area contributed by atoms with Crippen molar-refractivity contribution < 1.29 is 14.3 Å². The highest BCUT2D eigenvalue weighted by Gasteiger charge is 2.14. The number of rotatable bonds is 4. The summed E-state index contributed by atoms with van der Waals surface area (Å²) < 4.78 is 6.19. The summed E-state index contributed by atoms with van der Waals surface area (Å²) in [6, 6.07) is 5.55. The molecule has 1 N–H and O–H groups in total. The summed E-state index contributed by atoms with van der Waals surface area (Å²) in [5.41, 5.74) is 0.641. The second kappa shape index (κ2) is 5.58. The number of nitrogens with zero attached hydrogens (tertiary/aromatic N) is 1. The van der Waals surface area contributed by atoms with Crippen LogP contribution in [-0.2, 0) is 5.75 Å². The molecule has 2 aromatic rings. The van der Waals surface area contributed by atoms with E-state index in [0.29, 0.717) is 17.1 Å². The summed E-state index contributed by atoms with van der Waals surface area (Å²) in [5.74, 6) is 0.169. The van der Waals surface area contributed by atoms with E-state index in [1.807, 2.05) is 12.1 Å². The zero-order valence-electron chi connectivity index (χ0n) is 9.51. The maximum atomic E-state index is 10.8. The number of pyridine rings is 1. The van der Waals surface area contributed by atoms with Crippen LogP contribution >= 0.6 is 27.7 Å². The maximum absolute atomic E-state index is 10.8. The van der Waals surface area contributed by atoms with E-state index in [-0.39, 0.29) is 5.76 Å². The Morgan fingerprint density at radius 2 is 2.33 bits per heavy atom. The average Bonchev–Trinajstić information content (AvgIpc) is 2.70. The predicted octanol–water partition coefficient (Wildman–Crippen LogP) is 3.74. The van der Waals surface area contributed by atoms with Crippen LogP contribution in [0.15, 0.2) is 38.3 Å². The fraction of sp³-hybridized carbons (Fsp3) is 0.167. The molecule has 2 heterocycles. The summed E-state index contributed by atoms with van der Waals surface area (Å²) in [5, 5.41) is 9.74. The van der Waals surface area contributed by atoms with E-state index >= 15 is 0 Å². The quantitative estimate of drug-likeness (QED) is 0.866. The molecule has 0 bridgehead atoms. The lowest BCUT2D eigenvalue weighted by Crippen LogP contribution is -1.94. The Labute approximate surface area is 117 Å². The Morgan fingerprint density at radius 1 is 1.56 bits per heavy atom. The van der Waals surface area contributed by atoms with Gasteiger partial charge in [-0.15, -0.1) is 0 Å². The molecule has 0 saturated heterocycles. The second-order valence-electron chi connectivity index (χ2n) is 3.63. The van der Waals surface area contributed by atoms with Crippen molar-refractivity contribution in [1.29, 1.82) is 0 Å². The van der Waals surface area contributed by atoms with Gasteiger partial charge in [0.1, 0.15) is 5.76 Å². The Hall–Kier alpha value is -1.27. The Morgan fingerprint density at radius 3 is 2.89 bits per heavy atom. The molecule has 0 radical (unpaired) electrons. The molecule has 0 aliphatic carbocycles. The number of aromatic nitrogens is 1. The first kappa shape index (κ1) is 13.2. The van der Waals surface area contributed by atoms with Crippen LogP contribution in [0.25, 0.3) is 0 Å². The standard InChI is InChI=1S/C12H10BrNO3S/c1-7-4-9(17-11(7)12(15)16)6-18-10-3-2-8(13)5-14-10/h2-5H,6H2,1H3,(H,15,16). The zero-order chi connectivity index (χ0) is 13.1. The lowest BCUT2D eigenvalue weighted by molar-refractivity contribution is 0.0659. The average molecular weight is 328 g/mol. The van der Waals surface area contributed by atoms with Gasteiger partial charge in [-0.1, -0.05) is 11.8 Å². The maximum Gasteiger partial charge on any atom is 0.372 e. The summed E-state index contributed by atoms with van der Waals surface area (Å²) in [7, 11) is 0. The fourth-order valence-corrected chi connectivity index (χ4v) is 2.38. The van der Waals surface area contributed by atoms with E-state index < -0.39 is 5.97 Å². The van der Waals surface area contributed by atoms with Crippen LogP contribution < -0.4 is 0 Å². The molecular formula is C12H10BrNO3S. The first-order chi connectivity index (χ1) is 8.56. The fourth-order valence-electron chi connectivity index (χ4n) is 1.42. The molecular weight excluding hydrogens is 318 g/mol. The van der Waals surface area contributed by atoms with Crippen LogP contribution in [0.1, 0.15) is 21.9 Å². The lowest BCUT2D eigenvalue weighted by atomic mass is 10.3.